The number of pyridine rings is 1. The zero-order chi connectivity index (χ0) is 29.0. The molecule has 0 spiro atoms. The summed E-state index contributed by atoms with van der Waals surface area (Å²) in [5.74, 6) is -1.03. The third-order valence-corrected chi connectivity index (χ3v) is 7.72. The van der Waals surface area contributed by atoms with E-state index in [0.29, 0.717) is 13.0 Å². The Balaban J connectivity index is 1.39. The van der Waals surface area contributed by atoms with Crippen molar-refractivity contribution < 1.29 is 24.3 Å². The number of carbonyl (C=O) groups excluding carboxylic acids is 3. The Labute approximate surface area is 239 Å². The van der Waals surface area contributed by atoms with Gasteiger partial charge in [0.1, 0.15) is 0 Å². The summed E-state index contributed by atoms with van der Waals surface area (Å²) in [7, 11) is 1.75. The minimum atomic E-state index is -0.726. The molecule has 1 saturated heterocycles. The summed E-state index contributed by atoms with van der Waals surface area (Å²) in [6.07, 6.45) is 19.1. The normalized spacial score (nSPS) is 16.7. The molecule has 9 heteroatoms. The molecule has 1 aromatic heterocycles. The number of carboxylic acid groups (broad SMARTS) is 1. The molecular formula is C31H50N4O5. The molecule has 3 N–H and O–H groups in total. The molecule has 224 valence electrons. The Morgan fingerprint density at radius 2 is 1.40 bits per heavy atom. The second-order valence-electron chi connectivity index (χ2n) is 11.0. The average molecular weight is 559 g/mol. The molecule has 0 radical (unpaired) electrons. The van der Waals surface area contributed by atoms with Gasteiger partial charge in [0.2, 0.25) is 17.7 Å². The molecule has 2 rings (SSSR count). The van der Waals surface area contributed by atoms with E-state index in [2.05, 4.69) is 15.6 Å². The monoisotopic (exact) mass is 558 g/mol. The van der Waals surface area contributed by atoms with Crippen molar-refractivity contribution in [2.45, 2.75) is 115 Å². The van der Waals surface area contributed by atoms with Gasteiger partial charge in [-0.15, -0.1) is 0 Å². The lowest BCUT2D eigenvalue weighted by atomic mass is 9.94. The van der Waals surface area contributed by atoms with Gasteiger partial charge >= 0.3 is 5.97 Å². The molecule has 0 unspecified atom stereocenters. The van der Waals surface area contributed by atoms with E-state index in [1.165, 1.54) is 19.3 Å². The SMILES string of the molecule is CN1C(=O)C[C@H](C(=O)NCCCCCCCCCCNC(=O)CCCCCCCCC(=O)O)[C@H]1c1cccnc1. The van der Waals surface area contributed by atoms with Gasteiger partial charge in [0.25, 0.3) is 0 Å². The highest BCUT2D eigenvalue weighted by atomic mass is 16.4. The summed E-state index contributed by atoms with van der Waals surface area (Å²) < 4.78 is 0. The fourth-order valence-corrected chi connectivity index (χ4v) is 5.35. The van der Waals surface area contributed by atoms with Gasteiger partial charge in [-0.25, -0.2) is 0 Å². The van der Waals surface area contributed by atoms with Crippen LogP contribution < -0.4 is 10.6 Å². The number of likely N-dealkylation sites (tertiary alicyclic amines) is 1. The van der Waals surface area contributed by atoms with Gasteiger partial charge in [0.05, 0.1) is 12.0 Å². The lowest BCUT2D eigenvalue weighted by molar-refractivity contribution is -0.137. The molecule has 9 nitrogen and oxygen atoms in total. The van der Waals surface area contributed by atoms with Crippen LogP contribution in [0.4, 0.5) is 0 Å². The summed E-state index contributed by atoms with van der Waals surface area (Å²) in [5.41, 5.74) is 0.896. The van der Waals surface area contributed by atoms with Crippen LogP contribution >= 0.6 is 0 Å². The first-order valence-corrected chi connectivity index (χ1v) is 15.3. The minimum absolute atomic E-state index is 0.00825. The molecule has 2 atom stereocenters. The third kappa shape index (κ3) is 13.4. The van der Waals surface area contributed by atoms with E-state index >= 15 is 0 Å². The number of unbranched alkanes of at least 4 members (excludes halogenated alkanes) is 12. The van der Waals surface area contributed by atoms with Crippen LogP contribution in [0.15, 0.2) is 24.5 Å². The van der Waals surface area contributed by atoms with Gasteiger partial charge in [0.15, 0.2) is 0 Å². The van der Waals surface area contributed by atoms with Crippen molar-refractivity contribution in [2.75, 3.05) is 20.1 Å². The molecule has 0 bridgehead atoms. The highest BCUT2D eigenvalue weighted by molar-refractivity contribution is 5.90. The number of hydrogen-bond donors (Lipinski definition) is 3. The molecule has 0 aromatic carbocycles. The van der Waals surface area contributed by atoms with Crippen LogP contribution in [0, 0.1) is 5.92 Å². The van der Waals surface area contributed by atoms with Gasteiger partial charge in [-0.05, 0) is 37.3 Å². The van der Waals surface area contributed by atoms with E-state index in [9.17, 15) is 19.2 Å². The highest BCUT2D eigenvalue weighted by Gasteiger charge is 2.42. The smallest absolute Gasteiger partial charge is 0.303 e. The summed E-state index contributed by atoms with van der Waals surface area (Å²) in [5, 5.41) is 14.7. The number of rotatable bonds is 22. The van der Waals surface area contributed by atoms with Crippen LogP contribution in [0.25, 0.3) is 0 Å². The number of nitrogens with zero attached hydrogens (tertiary/aromatic N) is 2. The summed E-state index contributed by atoms with van der Waals surface area (Å²) in [6, 6.07) is 3.50. The number of carbonyl (C=O) groups is 4. The fraction of sp³-hybridized carbons (Fsp3) is 0.710. The number of carboxylic acids is 1. The van der Waals surface area contributed by atoms with Crippen LogP contribution in [0.1, 0.15) is 121 Å². The molecule has 3 amide bonds. The molecule has 1 aliphatic rings. The zero-order valence-electron chi connectivity index (χ0n) is 24.4. The molecule has 2 heterocycles. The highest BCUT2D eigenvalue weighted by Crippen LogP contribution is 2.36. The van der Waals surface area contributed by atoms with Crippen molar-refractivity contribution in [3.63, 3.8) is 0 Å². The second kappa shape index (κ2) is 20.0. The van der Waals surface area contributed by atoms with Gasteiger partial charge in [-0.3, -0.25) is 24.2 Å². The average Bonchev–Trinajstić information content (AvgIpc) is 3.24. The Morgan fingerprint density at radius 3 is 1.98 bits per heavy atom. The summed E-state index contributed by atoms with van der Waals surface area (Å²) in [4.78, 5) is 53.2. The van der Waals surface area contributed by atoms with Gasteiger partial charge in [0, 0.05) is 51.8 Å². The van der Waals surface area contributed by atoms with Gasteiger partial charge in [-0.2, -0.15) is 0 Å². The van der Waals surface area contributed by atoms with E-state index in [1.54, 1.807) is 24.3 Å². The number of hydrogen-bond acceptors (Lipinski definition) is 5. The molecule has 1 fully saturated rings. The lowest BCUT2D eigenvalue weighted by Crippen LogP contribution is -2.35. The topological polar surface area (TPSA) is 129 Å². The van der Waals surface area contributed by atoms with E-state index in [1.807, 2.05) is 12.1 Å². The van der Waals surface area contributed by atoms with Crippen molar-refractivity contribution in [2.24, 2.45) is 5.92 Å². The van der Waals surface area contributed by atoms with Gasteiger partial charge < -0.3 is 20.6 Å². The van der Waals surface area contributed by atoms with E-state index < -0.39 is 5.97 Å². The van der Waals surface area contributed by atoms with Crippen molar-refractivity contribution >= 4 is 23.7 Å². The predicted octanol–water partition coefficient (Wildman–Crippen LogP) is 5.16. The number of nitrogens with one attached hydrogen (secondary N) is 2. The van der Waals surface area contributed by atoms with Crippen LogP contribution in [-0.4, -0.2) is 58.8 Å². The number of aliphatic carboxylic acids is 1. The molecule has 0 aliphatic carbocycles. The van der Waals surface area contributed by atoms with Crippen molar-refractivity contribution in [1.82, 2.24) is 20.5 Å². The van der Waals surface area contributed by atoms with Crippen molar-refractivity contribution in [1.29, 1.82) is 0 Å². The lowest BCUT2D eigenvalue weighted by Gasteiger charge is -2.24. The third-order valence-electron chi connectivity index (χ3n) is 7.72. The maximum atomic E-state index is 12.8. The van der Waals surface area contributed by atoms with E-state index in [-0.39, 0.29) is 42.5 Å². The quantitative estimate of drug-likeness (QED) is 0.169. The van der Waals surface area contributed by atoms with Crippen LogP contribution in [0.2, 0.25) is 0 Å². The van der Waals surface area contributed by atoms with E-state index in [0.717, 1.165) is 82.7 Å². The van der Waals surface area contributed by atoms with Crippen LogP contribution in [0.3, 0.4) is 0 Å². The Bertz CT molecular complexity index is 895. The summed E-state index contributed by atoms with van der Waals surface area (Å²) >= 11 is 0. The van der Waals surface area contributed by atoms with Crippen molar-refractivity contribution in [3.8, 4) is 0 Å². The first-order valence-electron chi connectivity index (χ1n) is 15.3. The predicted molar refractivity (Wildman–Crippen MR) is 155 cm³/mol. The molecule has 40 heavy (non-hydrogen) atoms. The number of amides is 3. The summed E-state index contributed by atoms with van der Waals surface area (Å²) in [6.45, 7) is 1.39. The zero-order valence-corrected chi connectivity index (χ0v) is 24.4. The van der Waals surface area contributed by atoms with E-state index in [4.69, 9.17) is 5.11 Å². The first-order chi connectivity index (χ1) is 19.4. The molecule has 1 aromatic rings. The fourth-order valence-electron chi connectivity index (χ4n) is 5.35. The Morgan fingerprint density at radius 1 is 0.850 bits per heavy atom. The maximum Gasteiger partial charge on any atom is 0.303 e. The van der Waals surface area contributed by atoms with Crippen LogP contribution in [0.5, 0.6) is 0 Å². The standard InChI is InChI=1S/C31H50N4O5/c1-35-28(37)23-26(30(35)25-17-16-20-32-24-25)31(40)34-22-15-11-7-3-2-6-10-14-21-33-27(36)18-12-8-4-5-9-13-19-29(38)39/h16-17,20,24,26,30H,2-15,18-19,21-23H2,1H3,(H,33,36)(H,34,40)(H,38,39)/t26-,30+/m0/s1. The molecule has 1 aliphatic heterocycles. The Hall–Kier alpha value is -2.97. The molecular weight excluding hydrogens is 508 g/mol. The molecule has 0 saturated carbocycles. The Kier molecular flexibility index (Phi) is 16.6. The first kappa shape index (κ1) is 33.2. The second-order valence-corrected chi connectivity index (χ2v) is 11.0. The van der Waals surface area contributed by atoms with Crippen molar-refractivity contribution in [3.05, 3.63) is 30.1 Å². The van der Waals surface area contributed by atoms with Gasteiger partial charge in [-0.1, -0.05) is 70.3 Å². The number of aromatic nitrogens is 1. The van der Waals surface area contributed by atoms with Crippen LogP contribution in [-0.2, 0) is 19.2 Å². The largest absolute Gasteiger partial charge is 0.481 e. The minimum Gasteiger partial charge on any atom is -0.481 e. The maximum absolute atomic E-state index is 12.8.